The Morgan fingerprint density at radius 3 is 2.75 bits per heavy atom. The summed E-state index contributed by atoms with van der Waals surface area (Å²) in [6.45, 7) is 4.77. The van der Waals surface area contributed by atoms with Gasteiger partial charge in [-0.15, -0.1) is 0 Å². The Morgan fingerprint density at radius 1 is 1.44 bits per heavy atom. The summed E-state index contributed by atoms with van der Waals surface area (Å²) in [7, 11) is 0. The molecule has 4 nitrogen and oxygen atoms in total. The van der Waals surface area contributed by atoms with E-state index in [0.717, 1.165) is 6.42 Å². The molecule has 4 heteroatoms. The van der Waals surface area contributed by atoms with Crippen molar-refractivity contribution in [1.82, 2.24) is 4.98 Å². The summed E-state index contributed by atoms with van der Waals surface area (Å²) < 4.78 is 5.47. The molecule has 16 heavy (non-hydrogen) atoms. The molecule has 0 amide bonds. The van der Waals surface area contributed by atoms with Gasteiger partial charge in [-0.1, -0.05) is 13.8 Å². The van der Waals surface area contributed by atoms with E-state index >= 15 is 0 Å². The Morgan fingerprint density at radius 2 is 2.19 bits per heavy atom. The number of nitrogens with two attached hydrogens (primary N) is 1. The maximum Gasteiger partial charge on any atom is 0.137 e. The minimum atomic E-state index is -1.00. The predicted octanol–water partition coefficient (Wildman–Crippen LogP) is 1.43. The lowest BCUT2D eigenvalue weighted by Crippen LogP contribution is -2.34. The second-order valence-electron chi connectivity index (χ2n) is 3.85. The van der Waals surface area contributed by atoms with E-state index in [2.05, 4.69) is 4.98 Å². The number of hydrogen-bond donors (Lipinski definition) is 2. The van der Waals surface area contributed by atoms with Crippen LogP contribution in [0.2, 0.25) is 0 Å². The molecular formula is C12H20N2O2. The van der Waals surface area contributed by atoms with Crippen LogP contribution >= 0.6 is 0 Å². The third-order valence-corrected chi connectivity index (χ3v) is 2.65. The number of nitrogens with zero attached hydrogens (tertiary/aromatic N) is 1. The van der Waals surface area contributed by atoms with Gasteiger partial charge >= 0.3 is 0 Å². The van der Waals surface area contributed by atoms with E-state index in [-0.39, 0.29) is 6.54 Å². The molecule has 0 aliphatic rings. The molecule has 1 heterocycles. The number of rotatable bonds is 6. The molecule has 0 bridgehead atoms. The van der Waals surface area contributed by atoms with Gasteiger partial charge in [-0.2, -0.15) is 0 Å². The standard InChI is InChI=1S/C12H20N2O2/c1-3-5-16-11-6-10(7-14-8-11)12(15,4-2)9-13/h6-8,15H,3-5,9,13H2,1-2H3. The van der Waals surface area contributed by atoms with E-state index in [0.29, 0.717) is 24.3 Å². The highest BCUT2D eigenvalue weighted by atomic mass is 16.5. The SMILES string of the molecule is CCCOc1cncc(C(O)(CC)CN)c1. The van der Waals surface area contributed by atoms with Crippen molar-refractivity contribution < 1.29 is 9.84 Å². The second kappa shape index (κ2) is 5.82. The molecule has 1 aromatic heterocycles. The van der Waals surface area contributed by atoms with Crippen LogP contribution in [0.15, 0.2) is 18.5 Å². The first-order valence-electron chi connectivity index (χ1n) is 5.67. The predicted molar refractivity (Wildman–Crippen MR) is 63.3 cm³/mol. The summed E-state index contributed by atoms with van der Waals surface area (Å²) in [6, 6.07) is 1.80. The van der Waals surface area contributed by atoms with Crippen LogP contribution in [0.1, 0.15) is 32.3 Å². The maximum atomic E-state index is 10.2. The molecule has 1 atom stereocenters. The zero-order valence-corrected chi connectivity index (χ0v) is 9.94. The van der Waals surface area contributed by atoms with Crippen LogP contribution in [0.4, 0.5) is 0 Å². The first-order valence-corrected chi connectivity index (χ1v) is 5.67. The van der Waals surface area contributed by atoms with E-state index in [1.54, 1.807) is 18.5 Å². The highest BCUT2D eigenvalue weighted by molar-refractivity contribution is 5.28. The third-order valence-electron chi connectivity index (χ3n) is 2.65. The largest absolute Gasteiger partial charge is 0.492 e. The van der Waals surface area contributed by atoms with Gasteiger partial charge in [0.1, 0.15) is 11.4 Å². The van der Waals surface area contributed by atoms with Gasteiger partial charge in [0.15, 0.2) is 0 Å². The second-order valence-corrected chi connectivity index (χ2v) is 3.85. The molecule has 90 valence electrons. The Bertz CT molecular complexity index is 325. The van der Waals surface area contributed by atoms with Gasteiger partial charge < -0.3 is 15.6 Å². The fraction of sp³-hybridized carbons (Fsp3) is 0.583. The molecule has 1 aromatic rings. The van der Waals surface area contributed by atoms with Gasteiger partial charge in [0.25, 0.3) is 0 Å². The lowest BCUT2D eigenvalue weighted by Gasteiger charge is -2.25. The van der Waals surface area contributed by atoms with Crippen LogP contribution in [-0.4, -0.2) is 23.2 Å². The summed E-state index contributed by atoms with van der Waals surface area (Å²) in [5.41, 5.74) is 5.29. The Hall–Kier alpha value is -1.13. The average molecular weight is 224 g/mol. The van der Waals surface area contributed by atoms with E-state index in [4.69, 9.17) is 10.5 Å². The molecule has 0 aliphatic carbocycles. The minimum absolute atomic E-state index is 0.183. The van der Waals surface area contributed by atoms with Crippen molar-refractivity contribution in [2.24, 2.45) is 5.73 Å². The summed E-state index contributed by atoms with van der Waals surface area (Å²) >= 11 is 0. The fourth-order valence-electron chi connectivity index (χ4n) is 1.44. The highest BCUT2D eigenvalue weighted by Crippen LogP contribution is 2.25. The van der Waals surface area contributed by atoms with Crippen molar-refractivity contribution in [2.45, 2.75) is 32.3 Å². The fourth-order valence-corrected chi connectivity index (χ4v) is 1.44. The normalized spacial score (nSPS) is 14.5. The van der Waals surface area contributed by atoms with E-state index in [1.165, 1.54) is 0 Å². The first-order chi connectivity index (χ1) is 7.66. The molecule has 0 fully saturated rings. The lowest BCUT2D eigenvalue weighted by atomic mass is 9.93. The highest BCUT2D eigenvalue weighted by Gasteiger charge is 2.25. The monoisotopic (exact) mass is 224 g/mol. The molecule has 0 radical (unpaired) electrons. The molecule has 1 unspecified atom stereocenters. The number of hydrogen-bond acceptors (Lipinski definition) is 4. The van der Waals surface area contributed by atoms with Gasteiger partial charge in [0.2, 0.25) is 0 Å². The maximum absolute atomic E-state index is 10.2. The topological polar surface area (TPSA) is 68.4 Å². The molecule has 0 aliphatic heterocycles. The van der Waals surface area contributed by atoms with Crippen molar-refractivity contribution in [1.29, 1.82) is 0 Å². The molecule has 0 saturated carbocycles. The molecule has 0 aromatic carbocycles. The van der Waals surface area contributed by atoms with Crippen LogP contribution in [0.25, 0.3) is 0 Å². The van der Waals surface area contributed by atoms with E-state index in [9.17, 15) is 5.11 Å². The molecule has 1 rings (SSSR count). The lowest BCUT2D eigenvalue weighted by molar-refractivity contribution is 0.0412. The van der Waals surface area contributed by atoms with Gasteiger partial charge in [-0.05, 0) is 18.9 Å². The van der Waals surface area contributed by atoms with Crippen LogP contribution in [0, 0.1) is 0 Å². The van der Waals surface area contributed by atoms with Gasteiger partial charge in [-0.3, -0.25) is 4.98 Å². The third kappa shape index (κ3) is 2.93. The zero-order chi connectivity index (χ0) is 12.0. The van der Waals surface area contributed by atoms with Gasteiger partial charge in [0.05, 0.1) is 12.8 Å². The van der Waals surface area contributed by atoms with Crippen LogP contribution < -0.4 is 10.5 Å². The average Bonchev–Trinajstić information content (AvgIpc) is 2.35. The molecule has 0 spiro atoms. The summed E-state index contributed by atoms with van der Waals surface area (Å²) in [6.07, 6.45) is 4.78. The van der Waals surface area contributed by atoms with Crippen molar-refractivity contribution >= 4 is 0 Å². The first kappa shape index (κ1) is 12.9. The van der Waals surface area contributed by atoms with Crippen molar-refractivity contribution in [3.05, 3.63) is 24.0 Å². The van der Waals surface area contributed by atoms with Crippen LogP contribution in [0.5, 0.6) is 5.75 Å². The smallest absolute Gasteiger partial charge is 0.137 e. The number of ether oxygens (including phenoxy) is 1. The summed E-state index contributed by atoms with van der Waals surface area (Å²) in [4.78, 5) is 4.06. The Labute approximate surface area is 96.5 Å². The molecule has 0 saturated heterocycles. The van der Waals surface area contributed by atoms with Crippen molar-refractivity contribution in [3.8, 4) is 5.75 Å². The Balaban J connectivity index is 2.88. The zero-order valence-electron chi connectivity index (χ0n) is 9.94. The minimum Gasteiger partial charge on any atom is -0.492 e. The van der Waals surface area contributed by atoms with E-state index in [1.807, 2.05) is 13.8 Å². The van der Waals surface area contributed by atoms with Crippen LogP contribution in [0.3, 0.4) is 0 Å². The van der Waals surface area contributed by atoms with Gasteiger partial charge in [-0.25, -0.2) is 0 Å². The number of aliphatic hydroxyl groups is 1. The molecule has 3 N–H and O–H groups in total. The summed E-state index contributed by atoms with van der Waals surface area (Å²) in [5, 5.41) is 10.2. The number of aromatic nitrogens is 1. The summed E-state index contributed by atoms with van der Waals surface area (Å²) in [5.74, 6) is 0.680. The van der Waals surface area contributed by atoms with Crippen LogP contribution in [-0.2, 0) is 5.60 Å². The Kier molecular flexibility index (Phi) is 4.71. The quantitative estimate of drug-likeness (QED) is 0.767. The van der Waals surface area contributed by atoms with E-state index < -0.39 is 5.60 Å². The van der Waals surface area contributed by atoms with Crippen molar-refractivity contribution in [2.75, 3.05) is 13.2 Å². The van der Waals surface area contributed by atoms with Gasteiger partial charge in [0, 0.05) is 18.3 Å². The van der Waals surface area contributed by atoms with Crippen molar-refractivity contribution in [3.63, 3.8) is 0 Å². The number of pyridine rings is 1. The molecular weight excluding hydrogens is 204 g/mol.